The van der Waals surface area contributed by atoms with Gasteiger partial charge in [0.2, 0.25) is 0 Å². The predicted octanol–water partition coefficient (Wildman–Crippen LogP) is 1.58. The van der Waals surface area contributed by atoms with Crippen molar-refractivity contribution in [2.45, 2.75) is 32.9 Å². The quantitative estimate of drug-likeness (QED) is 0.625. The van der Waals surface area contributed by atoms with Crippen LogP contribution in [0.25, 0.3) is 0 Å². The maximum absolute atomic E-state index is 5.20. The van der Waals surface area contributed by atoms with E-state index in [0.717, 1.165) is 0 Å². The minimum atomic E-state index is 0.231. The van der Waals surface area contributed by atoms with E-state index in [0.29, 0.717) is 6.04 Å². The van der Waals surface area contributed by atoms with Crippen LogP contribution >= 0.6 is 0 Å². The van der Waals surface area contributed by atoms with Gasteiger partial charge in [0.1, 0.15) is 0 Å². The first kappa shape index (κ1) is 10.7. The lowest BCUT2D eigenvalue weighted by Crippen LogP contribution is -2.35. The highest BCUT2D eigenvalue weighted by molar-refractivity contribution is 5.02. The summed E-state index contributed by atoms with van der Waals surface area (Å²) in [6.07, 6.45) is 2.41. The average molecular weight is 157 g/mol. The van der Waals surface area contributed by atoms with Crippen LogP contribution in [0.5, 0.6) is 0 Å². The molecule has 0 aromatic rings. The standard InChI is InChI=1S/C9H19NO/c1-7(2)6-9(10-4)8(3)11-5/h6,8-10H,1-5H3. The molecule has 11 heavy (non-hydrogen) atoms. The molecular formula is C9H19NO. The molecule has 0 spiro atoms. The van der Waals surface area contributed by atoms with Crippen LogP contribution in [0.3, 0.4) is 0 Å². The lowest BCUT2D eigenvalue weighted by atomic mass is 10.1. The Balaban J connectivity index is 4.05. The number of methoxy groups -OCH3 is 1. The molecule has 2 atom stereocenters. The molecule has 0 radical (unpaired) electrons. The number of rotatable bonds is 4. The van der Waals surface area contributed by atoms with Crippen molar-refractivity contribution in [3.8, 4) is 0 Å². The third kappa shape index (κ3) is 4.17. The summed E-state index contributed by atoms with van der Waals surface area (Å²) in [6.45, 7) is 6.24. The van der Waals surface area contributed by atoms with Crippen LogP contribution in [0.1, 0.15) is 20.8 Å². The minimum absolute atomic E-state index is 0.231. The molecule has 2 heteroatoms. The summed E-state index contributed by atoms with van der Waals surface area (Å²) in [4.78, 5) is 0. The lowest BCUT2D eigenvalue weighted by molar-refractivity contribution is 0.0992. The van der Waals surface area contributed by atoms with Crippen molar-refractivity contribution < 1.29 is 4.74 Å². The van der Waals surface area contributed by atoms with E-state index >= 15 is 0 Å². The Labute approximate surface area is 69.6 Å². The Bertz CT molecular complexity index is 128. The molecule has 0 fully saturated rings. The maximum Gasteiger partial charge on any atom is 0.0731 e. The highest BCUT2D eigenvalue weighted by Crippen LogP contribution is 2.01. The smallest absolute Gasteiger partial charge is 0.0731 e. The fourth-order valence-electron chi connectivity index (χ4n) is 0.959. The molecular weight excluding hydrogens is 138 g/mol. The van der Waals surface area contributed by atoms with Crippen molar-refractivity contribution >= 4 is 0 Å². The normalized spacial score (nSPS) is 15.7. The van der Waals surface area contributed by atoms with Crippen LogP contribution < -0.4 is 5.32 Å². The van der Waals surface area contributed by atoms with Gasteiger partial charge in [-0.15, -0.1) is 0 Å². The Morgan fingerprint density at radius 3 is 2.27 bits per heavy atom. The van der Waals surface area contributed by atoms with Gasteiger partial charge >= 0.3 is 0 Å². The third-order valence-electron chi connectivity index (χ3n) is 1.72. The number of likely N-dealkylation sites (N-methyl/N-ethyl adjacent to an activating group) is 1. The number of allylic oxidation sites excluding steroid dienone is 1. The van der Waals surface area contributed by atoms with Crippen molar-refractivity contribution in [1.29, 1.82) is 0 Å². The first-order valence-corrected chi connectivity index (χ1v) is 3.97. The van der Waals surface area contributed by atoms with Gasteiger partial charge in [0.25, 0.3) is 0 Å². The van der Waals surface area contributed by atoms with E-state index in [-0.39, 0.29) is 6.10 Å². The monoisotopic (exact) mass is 157 g/mol. The zero-order chi connectivity index (χ0) is 8.85. The molecule has 0 aliphatic carbocycles. The Morgan fingerprint density at radius 2 is 2.00 bits per heavy atom. The molecule has 2 nitrogen and oxygen atoms in total. The van der Waals surface area contributed by atoms with Crippen LogP contribution in [-0.2, 0) is 4.74 Å². The van der Waals surface area contributed by atoms with Gasteiger partial charge < -0.3 is 10.1 Å². The topological polar surface area (TPSA) is 21.3 Å². The van der Waals surface area contributed by atoms with Crippen molar-refractivity contribution in [3.05, 3.63) is 11.6 Å². The predicted molar refractivity (Wildman–Crippen MR) is 48.7 cm³/mol. The molecule has 0 bridgehead atoms. The Kier molecular flexibility index (Phi) is 5.16. The second-order valence-electron chi connectivity index (χ2n) is 3.00. The number of nitrogens with one attached hydrogen (secondary N) is 1. The molecule has 1 N–H and O–H groups in total. The van der Waals surface area contributed by atoms with E-state index in [2.05, 4.69) is 32.2 Å². The van der Waals surface area contributed by atoms with Crippen molar-refractivity contribution in [2.24, 2.45) is 0 Å². The molecule has 66 valence electrons. The molecule has 0 saturated carbocycles. The molecule has 0 rings (SSSR count). The summed E-state index contributed by atoms with van der Waals surface area (Å²) in [5, 5.41) is 3.18. The average Bonchev–Trinajstić information content (AvgIpc) is 1.98. The Hall–Kier alpha value is -0.340. The molecule has 0 amide bonds. The van der Waals surface area contributed by atoms with E-state index in [1.165, 1.54) is 5.57 Å². The van der Waals surface area contributed by atoms with Gasteiger partial charge in [-0.1, -0.05) is 11.6 Å². The summed E-state index contributed by atoms with van der Waals surface area (Å²) in [5.41, 5.74) is 1.31. The molecule has 2 unspecified atom stereocenters. The van der Waals surface area contributed by atoms with Gasteiger partial charge in [0.05, 0.1) is 12.1 Å². The molecule has 0 heterocycles. The van der Waals surface area contributed by atoms with Crippen LogP contribution in [0.15, 0.2) is 11.6 Å². The molecule has 0 aromatic carbocycles. The second kappa shape index (κ2) is 5.33. The van der Waals surface area contributed by atoms with Crippen LogP contribution in [0.2, 0.25) is 0 Å². The van der Waals surface area contributed by atoms with Gasteiger partial charge in [0, 0.05) is 7.11 Å². The minimum Gasteiger partial charge on any atom is -0.380 e. The summed E-state index contributed by atoms with van der Waals surface area (Å²) in [7, 11) is 3.67. The van der Waals surface area contributed by atoms with Gasteiger partial charge in [0.15, 0.2) is 0 Å². The van der Waals surface area contributed by atoms with Gasteiger partial charge in [-0.05, 0) is 27.8 Å². The van der Waals surface area contributed by atoms with E-state index < -0.39 is 0 Å². The van der Waals surface area contributed by atoms with E-state index in [4.69, 9.17) is 4.74 Å². The van der Waals surface area contributed by atoms with E-state index in [9.17, 15) is 0 Å². The SMILES string of the molecule is CNC(C=C(C)C)C(C)OC. The molecule has 0 aliphatic heterocycles. The fraction of sp³-hybridized carbons (Fsp3) is 0.778. The number of hydrogen-bond acceptors (Lipinski definition) is 2. The highest BCUT2D eigenvalue weighted by Gasteiger charge is 2.10. The largest absolute Gasteiger partial charge is 0.380 e. The summed E-state index contributed by atoms with van der Waals surface area (Å²) >= 11 is 0. The van der Waals surface area contributed by atoms with Gasteiger partial charge in [-0.25, -0.2) is 0 Å². The molecule has 0 saturated heterocycles. The fourth-order valence-corrected chi connectivity index (χ4v) is 0.959. The van der Waals surface area contributed by atoms with Crippen molar-refractivity contribution in [2.75, 3.05) is 14.2 Å². The number of ether oxygens (including phenoxy) is 1. The van der Waals surface area contributed by atoms with Crippen LogP contribution in [-0.4, -0.2) is 26.3 Å². The van der Waals surface area contributed by atoms with Gasteiger partial charge in [-0.3, -0.25) is 0 Å². The second-order valence-corrected chi connectivity index (χ2v) is 3.00. The first-order chi connectivity index (χ1) is 5.11. The van der Waals surface area contributed by atoms with Crippen molar-refractivity contribution in [3.63, 3.8) is 0 Å². The zero-order valence-electron chi connectivity index (χ0n) is 8.14. The third-order valence-corrected chi connectivity index (χ3v) is 1.72. The van der Waals surface area contributed by atoms with Crippen LogP contribution in [0.4, 0.5) is 0 Å². The summed E-state index contributed by atoms with van der Waals surface area (Å²) < 4.78 is 5.20. The maximum atomic E-state index is 5.20. The van der Waals surface area contributed by atoms with Gasteiger partial charge in [-0.2, -0.15) is 0 Å². The molecule has 0 aromatic heterocycles. The highest BCUT2D eigenvalue weighted by atomic mass is 16.5. The zero-order valence-corrected chi connectivity index (χ0v) is 8.14. The first-order valence-electron chi connectivity index (χ1n) is 3.97. The number of hydrogen-bond donors (Lipinski definition) is 1. The van der Waals surface area contributed by atoms with Crippen LogP contribution in [0, 0.1) is 0 Å². The lowest BCUT2D eigenvalue weighted by Gasteiger charge is -2.19. The van der Waals surface area contributed by atoms with Crippen molar-refractivity contribution in [1.82, 2.24) is 5.32 Å². The van der Waals surface area contributed by atoms with E-state index in [1.807, 2.05) is 7.05 Å². The molecule has 0 aliphatic rings. The Morgan fingerprint density at radius 1 is 1.45 bits per heavy atom. The summed E-state index contributed by atoms with van der Waals surface area (Å²) in [5.74, 6) is 0. The van der Waals surface area contributed by atoms with E-state index in [1.54, 1.807) is 7.11 Å². The summed E-state index contributed by atoms with van der Waals surface area (Å²) in [6, 6.07) is 0.324.